The maximum Gasteiger partial charge on any atom is 0.0905 e. The van der Waals surface area contributed by atoms with E-state index >= 15 is 0 Å². The highest BCUT2D eigenvalue weighted by atomic mass is 19.3. The zero-order chi connectivity index (χ0) is 6.53. The van der Waals surface area contributed by atoms with E-state index < -0.39 is 0 Å². The van der Waals surface area contributed by atoms with Crippen LogP contribution < -0.4 is 5.32 Å². The van der Waals surface area contributed by atoms with Crippen LogP contribution in [-0.2, 0) is 4.94 Å². The summed E-state index contributed by atoms with van der Waals surface area (Å²) in [6.07, 6.45) is 2.09. The van der Waals surface area contributed by atoms with Crippen molar-refractivity contribution in [1.29, 1.82) is 0 Å². The number of halogens is 1. The van der Waals surface area contributed by atoms with Crippen LogP contribution in [0.15, 0.2) is 0 Å². The molecular weight excluding hydrogens is 121 g/mol. The van der Waals surface area contributed by atoms with Crippen molar-refractivity contribution in [3.05, 3.63) is 0 Å². The second kappa shape index (κ2) is 3.80. The van der Waals surface area contributed by atoms with Crippen LogP contribution >= 0.6 is 0 Å². The molecule has 2 nitrogen and oxygen atoms in total. The van der Waals surface area contributed by atoms with E-state index in [9.17, 15) is 4.53 Å². The Kier molecular flexibility index (Phi) is 2.94. The molecule has 0 amide bonds. The molecule has 0 spiro atoms. The monoisotopic (exact) mass is 133 g/mol. The Morgan fingerprint density at radius 1 is 1.44 bits per heavy atom. The molecule has 54 valence electrons. The van der Waals surface area contributed by atoms with Crippen molar-refractivity contribution in [2.45, 2.75) is 12.8 Å². The third-order valence-electron chi connectivity index (χ3n) is 1.76. The highest BCUT2D eigenvalue weighted by molar-refractivity contribution is 4.66. The fourth-order valence-corrected chi connectivity index (χ4v) is 1.14. The first-order valence-electron chi connectivity index (χ1n) is 3.37. The van der Waals surface area contributed by atoms with Gasteiger partial charge in [0.15, 0.2) is 0 Å². The van der Waals surface area contributed by atoms with Crippen LogP contribution in [0, 0.1) is 5.92 Å². The molecule has 1 fully saturated rings. The molecule has 1 aliphatic rings. The highest BCUT2D eigenvalue weighted by Gasteiger charge is 2.12. The van der Waals surface area contributed by atoms with Gasteiger partial charge in [-0.05, 0) is 36.4 Å². The zero-order valence-electron chi connectivity index (χ0n) is 5.40. The number of hydrogen-bond acceptors (Lipinski definition) is 2. The molecule has 9 heavy (non-hydrogen) atoms. The van der Waals surface area contributed by atoms with Gasteiger partial charge in [-0.1, -0.05) is 0 Å². The number of hydrogen-bond donors (Lipinski definition) is 1. The average Bonchev–Trinajstić information content (AvgIpc) is 1.91. The molecule has 0 atom stereocenters. The van der Waals surface area contributed by atoms with Gasteiger partial charge < -0.3 is 5.32 Å². The minimum atomic E-state index is 0.279. The number of piperidine rings is 1. The maximum absolute atomic E-state index is 11.3. The number of nitrogens with one attached hydrogen (secondary N) is 1. The van der Waals surface area contributed by atoms with Gasteiger partial charge in [0, 0.05) is 0 Å². The quantitative estimate of drug-likeness (QED) is 0.604. The topological polar surface area (TPSA) is 21.3 Å². The van der Waals surface area contributed by atoms with Crippen molar-refractivity contribution < 1.29 is 9.47 Å². The first kappa shape index (κ1) is 6.96. The fourth-order valence-electron chi connectivity index (χ4n) is 1.14. The minimum absolute atomic E-state index is 0.279. The summed E-state index contributed by atoms with van der Waals surface area (Å²) in [5.74, 6) is 0.441. The predicted molar refractivity (Wildman–Crippen MR) is 32.7 cm³/mol. The van der Waals surface area contributed by atoms with E-state index in [1.54, 1.807) is 0 Å². The van der Waals surface area contributed by atoms with Crippen molar-refractivity contribution in [1.82, 2.24) is 5.32 Å². The van der Waals surface area contributed by atoms with Crippen molar-refractivity contribution in [2.24, 2.45) is 5.92 Å². The summed E-state index contributed by atoms with van der Waals surface area (Å²) < 4.78 is 11.3. The SMILES string of the molecule is FOCC1CCNCC1. The van der Waals surface area contributed by atoms with Crippen LogP contribution in [0.2, 0.25) is 0 Å². The van der Waals surface area contributed by atoms with E-state index in [1.165, 1.54) is 0 Å². The van der Waals surface area contributed by atoms with Crippen LogP contribution in [0.4, 0.5) is 4.53 Å². The van der Waals surface area contributed by atoms with Crippen molar-refractivity contribution in [3.63, 3.8) is 0 Å². The lowest BCUT2D eigenvalue weighted by atomic mass is 10.00. The van der Waals surface area contributed by atoms with Crippen molar-refractivity contribution in [3.8, 4) is 0 Å². The third kappa shape index (κ3) is 2.28. The maximum atomic E-state index is 11.3. The minimum Gasteiger partial charge on any atom is -0.317 e. The van der Waals surface area contributed by atoms with Crippen LogP contribution in [-0.4, -0.2) is 19.7 Å². The molecule has 1 saturated heterocycles. The van der Waals surface area contributed by atoms with Gasteiger partial charge in [0.25, 0.3) is 0 Å². The van der Waals surface area contributed by atoms with Crippen LogP contribution in [0.3, 0.4) is 0 Å². The van der Waals surface area contributed by atoms with Gasteiger partial charge in [-0.3, -0.25) is 0 Å². The molecule has 1 N–H and O–H groups in total. The summed E-state index contributed by atoms with van der Waals surface area (Å²) in [5, 5.41) is 3.20. The Labute approximate surface area is 54.3 Å². The van der Waals surface area contributed by atoms with E-state index in [0.29, 0.717) is 5.92 Å². The van der Waals surface area contributed by atoms with Gasteiger partial charge in [0.05, 0.1) is 6.61 Å². The second-order valence-corrected chi connectivity index (χ2v) is 2.47. The van der Waals surface area contributed by atoms with E-state index in [-0.39, 0.29) is 6.61 Å². The standard InChI is InChI=1S/C6H12FNO/c7-9-5-6-1-3-8-4-2-6/h6,8H,1-5H2. The molecule has 0 unspecified atom stereocenters. The van der Waals surface area contributed by atoms with E-state index in [1.807, 2.05) is 0 Å². The summed E-state index contributed by atoms with van der Waals surface area (Å²) in [6, 6.07) is 0. The van der Waals surface area contributed by atoms with Gasteiger partial charge in [-0.25, -0.2) is 0 Å². The molecule has 0 aromatic carbocycles. The van der Waals surface area contributed by atoms with Crippen LogP contribution in [0.5, 0.6) is 0 Å². The Morgan fingerprint density at radius 3 is 2.67 bits per heavy atom. The van der Waals surface area contributed by atoms with Crippen molar-refractivity contribution >= 4 is 0 Å². The number of rotatable bonds is 2. The summed E-state index contributed by atoms with van der Waals surface area (Å²) in [7, 11) is 0. The summed E-state index contributed by atoms with van der Waals surface area (Å²) in [6.45, 7) is 2.30. The Hall–Kier alpha value is -0.150. The molecule has 1 heterocycles. The Morgan fingerprint density at radius 2 is 2.11 bits per heavy atom. The molecule has 0 bridgehead atoms. The van der Waals surface area contributed by atoms with Crippen molar-refractivity contribution in [2.75, 3.05) is 19.7 Å². The van der Waals surface area contributed by atoms with Crippen LogP contribution in [0.25, 0.3) is 0 Å². The largest absolute Gasteiger partial charge is 0.317 e. The summed E-state index contributed by atoms with van der Waals surface area (Å²) in [5.41, 5.74) is 0. The normalized spacial score (nSPS) is 22.3. The molecule has 0 aliphatic carbocycles. The molecular formula is C6H12FNO. The Bertz CT molecular complexity index is 70.7. The average molecular weight is 133 g/mol. The van der Waals surface area contributed by atoms with E-state index in [4.69, 9.17) is 0 Å². The third-order valence-corrected chi connectivity index (χ3v) is 1.76. The second-order valence-electron chi connectivity index (χ2n) is 2.47. The van der Waals surface area contributed by atoms with E-state index in [2.05, 4.69) is 10.3 Å². The molecule has 0 radical (unpaired) electrons. The molecule has 0 aromatic rings. The molecule has 0 saturated carbocycles. The van der Waals surface area contributed by atoms with Gasteiger partial charge in [-0.2, -0.15) is 4.94 Å². The zero-order valence-corrected chi connectivity index (χ0v) is 5.40. The molecule has 1 aliphatic heterocycles. The first-order valence-corrected chi connectivity index (χ1v) is 3.37. The lowest BCUT2D eigenvalue weighted by molar-refractivity contribution is -0.147. The fraction of sp³-hybridized carbons (Fsp3) is 1.00. The Balaban J connectivity index is 2.08. The lowest BCUT2D eigenvalue weighted by Gasteiger charge is -2.19. The summed E-state index contributed by atoms with van der Waals surface area (Å²) >= 11 is 0. The molecule has 3 heteroatoms. The van der Waals surface area contributed by atoms with Gasteiger partial charge in [0.2, 0.25) is 0 Å². The lowest BCUT2D eigenvalue weighted by Crippen LogP contribution is -2.29. The molecule has 1 rings (SSSR count). The smallest absolute Gasteiger partial charge is 0.0905 e. The first-order chi connectivity index (χ1) is 4.43. The summed E-state index contributed by atoms with van der Waals surface area (Å²) in [4.78, 5) is 3.55. The van der Waals surface area contributed by atoms with Gasteiger partial charge >= 0.3 is 0 Å². The molecule has 0 aromatic heterocycles. The van der Waals surface area contributed by atoms with Crippen LogP contribution in [0.1, 0.15) is 12.8 Å². The highest BCUT2D eigenvalue weighted by Crippen LogP contribution is 2.11. The predicted octanol–water partition coefficient (Wildman–Crippen LogP) is 0.887. The van der Waals surface area contributed by atoms with E-state index in [0.717, 1.165) is 25.9 Å². The van der Waals surface area contributed by atoms with Gasteiger partial charge in [0.1, 0.15) is 0 Å². The van der Waals surface area contributed by atoms with Gasteiger partial charge in [-0.15, -0.1) is 0 Å².